The molecule has 0 saturated heterocycles. The van der Waals surface area contributed by atoms with Crippen molar-refractivity contribution < 1.29 is 23.5 Å². The molecule has 0 radical (unpaired) electrons. The first kappa shape index (κ1) is 25.0. The Morgan fingerprint density at radius 3 is 2.63 bits per heavy atom. The summed E-state index contributed by atoms with van der Waals surface area (Å²) < 4.78 is 17.4. The van der Waals surface area contributed by atoms with Gasteiger partial charge < -0.3 is 24.2 Å². The van der Waals surface area contributed by atoms with Crippen LogP contribution in [0.3, 0.4) is 0 Å². The molecule has 2 aromatic heterocycles. The lowest BCUT2D eigenvalue weighted by Crippen LogP contribution is -2.34. The highest BCUT2D eigenvalue weighted by Crippen LogP contribution is 2.40. The Morgan fingerprint density at radius 2 is 1.97 bits per heavy atom. The van der Waals surface area contributed by atoms with Crippen molar-refractivity contribution in [2.45, 2.75) is 59.0 Å². The number of benzene rings is 1. The minimum absolute atomic E-state index is 0.122. The first-order valence-corrected chi connectivity index (χ1v) is 12.3. The molecule has 1 saturated carbocycles. The lowest BCUT2D eigenvalue weighted by molar-refractivity contribution is 0.0520. The van der Waals surface area contributed by atoms with E-state index < -0.39 is 11.7 Å². The van der Waals surface area contributed by atoms with E-state index in [9.17, 15) is 9.59 Å². The average Bonchev–Trinajstić information content (AvgIpc) is 3.43. The van der Waals surface area contributed by atoms with Gasteiger partial charge in [0.25, 0.3) is 5.89 Å². The monoisotopic (exact) mass is 544 g/mol. The summed E-state index contributed by atoms with van der Waals surface area (Å²) in [5.41, 5.74) is 2.70. The van der Waals surface area contributed by atoms with Gasteiger partial charge in [0.2, 0.25) is 5.89 Å². The molecule has 9 nitrogen and oxygen atoms in total. The van der Waals surface area contributed by atoms with Gasteiger partial charge in [-0.15, -0.1) is 10.2 Å². The molecule has 2 N–H and O–H groups in total. The van der Waals surface area contributed by atoms with Gasteiger partial charge in [-0.05, 0) is 87.2 Å². The number of aromatic amines is 1. The number of ketones is 1. The van der Waals surface area contributed by atoms with E-state index in [-0.39, 0.29) is 18.9 Å². The number of alkyl carbamates (subject to hydrolysis) is 1. The molecule has 4 rings (SSSR count). The third-order valence-corrected chi connectivity index (χ3v) is 6.09. The van der Waals surface area contributed by atoms with Crippen molar-refractivity contribution in [1.29, 1.82) is 0 Å². The zero-order chi connectivity index (χ0) is 25.3. The van der Waals surface area contributed by atoms with Crippen molar-refractivity contribution >= 4 is 27.8 Å². The van der Waals surface area contributed by atoms with Crippen LogP contribution >= 0.6 is 15.9 Å². The second-order valence-electron chi connectivity index (χ2n) is 9.60. The van der Waals surface area contributed by atoms with Crippen molar-refractivity contribution in [3.05, 3.63) is 50.9 Å². The van der Waals surface area contributed by atoms with E-state index in [0.717, 1.165) is 24.1 Å². The highest BCUT2D eigenvalue weighted by molar-refractivity contribution is 9.10. The summed E-state index contributed by atoms with van der Waals surface area (Å²) in [6, 6.07) is 5.17. The highest BCUT2D eigenvalue weighted by atomic mass is 79.9. The lowest BCUT2D eigenvalue weighted by Gasteiger charge is -2.19. The van der Waals surface area contributed by atoms with Crippen LogP contribution in [0.5, 0.6) is 5.75 Å². The highest BCUT2D eigenvalue weighted by Gasteiger charge is 2.31. The van der Waals surface area contributed by atoms with Gasteiger partial charge in [-0.2, -0.15) is 0 Å². The number of H-pyrrole nitrogens is 1. The number of hydrogen-bond donors (Lipinski definition) is 2. The van der Waals surface area contributed by atoms with Crippen molar-refractivity contribution in [2.24, 2.45) is 0 Å². The standard InChI is InChI=1S/C25H29BrN4O5/c1-13-19(14(2)28-20(13)23-30-29-22(34-23)15-6-7-15)21(31)16-8-9-18(17(26)12-16)33-11-10-27-24(32)35-25(3,4)5/h8-9,12,15,28H,6-7,10-11H2,1-5H3,(H,27,32). The second kappa shape index (κ2) is 9.85. The Kier molecular flexibility index (Phi) is 7.02. The zero-order valence-corrected chi connectivity index (χ0v) is 22.0. The summed E-state index contributed by atoms with van der Waals surface area (Å²) in [6.07, 6.45) is 1.65. The zero-order valence-electron chi connectivity index (χ0n) is 20.5. The minimum Gasteiger partial charge on any atom is -0.491 e. The van der Waals surface area contributed by atoms with Crippen molar-refractivity contribution in [3.8, 4) is 17.3 Å². The fourth-order valence-corrected chi connectivity index (χ4v) is 4.16. The smallest absolute Gasteiger partial charge is 0.407 e. The van der Waals surface area contributed by atoms with Gasteiger partial charge in [-0.1, -0.05) is 0 Å². The maximum atomic E-state index is 13.4. The average molecular weight is 545 g/mol. The fourth-order valence-electron chi connectivity index (χ4n) is 3.67. The molecule has 3 aromatic rings. The molecular formula is C25H29BrN4O5. The van der Waals surface area contributed by atoms with Crippen molar-refractivity contribution in [2.75, 3.05) is 13.2 Å². The SMILES string of the molecule is Cc1[nH]c(-c2nnc(C3CC3)o2)c(C)c1C(=O)c1ccc(OCCNC(=O)OC(C)(C)C)c(Br)c1. The molecule has 1 aromatic carbocycles. The third-order valence-electron chi connectivity index (χ3n) is 5.47. The molecular weight excluding hydrogens is 516 g/mol. The number of amides is 1. The van der Waals surface area contributed by atoms with E-state index in [2.05, 4.69) is 36.4 Å². The minimum atomic E-state index is -0.557. The van der Waals surface area contributed by atoms with Crippen LogP contribution in [0.2, 0.25) is 0 Å². The summed E-state index contributed by atoms with van der Waals surface area (Å²) in [7, 11) is 0. The van der Waals surface area contributed by atoms with Gasteiger partial charge in [0.05, 0.1) is 11.0 Å². The summed E-state index contributed by atoms with van der Waals surface area (Å²) in [5, 5.41) is 11.0. The van der Waals surface area contributed by atoms with Crippen LogP contribution in [0.4, 0.5) is 4.79 Å². The Labute approximate surface area is 212 Å². The number of hydrogen-bond acceptors (Lipinski definition) is 7. The van der Waals surface area contributed by atoms with E-state index in [0.29, 0.717) is 44.7 Å². The molecule has 0 unspecified atom stereocenters. The summed E-state index contributed by atoms with van der Waals surface area (Å²) in [5.74, 6) is 1.86. The predicted octanol–water partition coefficient (Wildman–Crippen LogP) is 5.46. The Bertz CT molecular complexity index is 1250. The van der Waals surface area contributed by atoms with Crippen LogP contribution in [-0.4, -0.2) is 45.8 Å². The molecule has 10 heteroatoms. The van der Waals surface area contributed by atoms with Crippen LogP contribution in [0.15, 0.2) is 27.1 Å². The first-order valence-electron chi connectivity index (χ1n) is 11.5. The van der Waals surface area contributed by atoms with E-state index in [4.69, 9.17) is 13.9 Å². The number of rotatable bonds is 8. The Hall–Kier alpha value is -3.14. The van der Waals surface area contributed by atoms with E-state index in [1.165, 1.54) is 0 Å². The van der Waals surface area contributed by atoms with Gasteiger partial charge in [-0.25, -0.2) is 4.79 Å². The number of aryl methyl sites for hydroxylation is 1. The van der Waals surface area contributed by atoms with E-state index >= 15 is 0 Å². The maximum absolute atomic E-state index is 13.4. The molecule has 1 aliphatic rings. The first-order chi connectivity index (χ1) is 16.5. The number of nitrogens with zero attached hydrogens (tertiary/aromatic N) is 2. The number of carbonyl (C=O) groups is 2. The van der Waals surface area contributed by atoms with Gasteiger partial charge in [0.1, 0.15) is 23.7 Å². The molecule has 35 heavy (non-hydrogen) atoms. The fraction of sp³-hybridized carbons (Fsp3) is 0.440. The molecule has 186 valence electrons. The number of aromatic nitrogens is 3. The molecule has 1 amide bonds. The molecule has 0 bridgehead atoms. The van der Waals surface area contributed by atoms with Gasteiger partial charge in [-0.3, -0.25) is 4.79 Å². The molecule has 0 spiro atoms. The predicted molar refractivity (Wildman–Crippen MR) is 133 cm³/mol. The van der Waals surface area contributed by atoms with Crippen LogP contribution < -0.4 is 10.1 Å². The van der Waals surface area contributed by atoms with E-state index in [1.54, 1.807) is 39.0 Å². The van der Waals surface area contributed by atoms with Gasteiger partial charge >= 0.3 is 6.09 Å². The summed E-state index contributed by atoms with van der Waals surface area (Å²) in [4.78, 5) is 28.3. The molecule has 0 atom stereocenters. The normalized spacial score (nSPS) is 13.5. The largest absolute Gasteiger partial charge is 0.491 e. The number of ether oxygens (including phenoxy) is 2. The molecule has 0 aliphatic heterocycles. The maximum Gasteiger partial charge on any atom is 0.407 e. The quantitative estimate of drug-likeness (QED) is 0.285. The molecule has 2 heterocycles. The van der Waals surface area contributed by atoms with Crippen LogP contribution in [0.1, 0.15) is 72.6 Å². The summed E-state index contributed by atoms with van der Waals surface area (Å²) >= 11 is 3.48. The number of nitrogens with one attached hydrogen (secondary N) is 2. The van der Waals surface area contributed by atoms with Crippen molar-refractivity contribution in [1.82, 2.24) is 20.5 Å². The second-order valence-corrected chi connectivity index (χ2v) is 10.5. The Balaban J connectivity index is 1.41. The number of halogens is 1. The van der Waals surface area contributed by atoms with Crippen molar-refractivity contribution in [3.63, 3.8) is 0 Å². The van der Waals surface area contributed by atoms with E-state index in [1.807, 2.05) is 13.8 Å². The van der Waals surface area contributed by atoms with Crippen LogP contribution in [-0.2, 0) is 4.74 Å². The summed E-state index contributed by atoms with van der Waals surface area (Å²) in [6.45, 7) is 9.66. The van der Waals surface area contributed by atoms with Gasteiger partial charge in [0.15, 0.2) is 5.78 Å². The van der Waals surface area contributed by atoms with Gasteiger partial charge in [0, 0.05) is 22.7 Å². The molecule has 1 aliphatic carbocycles. The number of carbonyl (C=O) groups excluding carboxylic acids is 2. The third kappa shape index (κ3) is 5.93. The molecule has 1 fully saturated rings. The van der Waals surface area contributed by atoms with Crippen LogP contribution in [0, 0.1) is 13.8 Å². The lowest BCUT2D eigenvalue weighted by atomic mass is 9.99. The van der Waals surface area contributed by atoms with Crippen LogP contribution in [0.25, 0.3) is 11.6 Å². The Morgan fingerprint density at radius 1 is 1.23 bits per heavy atom. The topological polar surface area (TPSA) is 119 Å².